The van der Waals surface area contributed by atoms with E-state index in [1.807, 2.05) is 6.92 Å². The molecule has 0 aliphatic carbocycles. The molecule has 1 amide bonds. The highest BCUT2D eigenvalue weighted by Crippen LogP contribution is 2.30. The smallest absolute Gasteiger partial charge is 0.273 e. The molecule has 4 rings (SSSR count). The minimum absolute atomic E-state index is 0.0867. The molecule has 2 aliphatic rings. The predicted molar refractivity (Wildman–Crippen MR) is 142 cm³/mol. The van der Waals surface area contributed by atoms with Crippen LogP contribution in [0.2, 0.25) is 5.15 Å². The molecule has 0 spiro atoms. The molecule has 190 valence electrons. The molecule has 0 bridgehead atoms. The van der Waals surface area contributed by atoms with Crippen molar-refractivity contribution in [2.45, 2.75) is 58.7 Å². The molecule has 1 aromatic heterocycles. The SMILES string of the molecule is CCNC(=O)c1nc(Cl)c(N2CCN(C3CCN(Cc4ccc(C)cc4)CC3)[C@@H](CC)C2)nc1N. The first-order valence-electron chi connectivity index (χ1n) is 12.8. The Morgan fingerprint density at radius 1 is 1.11 bits per heavy atom. The highest BCUT2D eigenvalue weighted by Gasteiger charge is 2.34. The van der Waals surface area contributed by atoms with Gasteiger partial charge in [0.15, 0.2) is 22.5 Å². The van der Waals surface area contributed by atoms with Crippen molar-refractivity contribution in [1.29, 1.82) is 0 Å². The van der Waals surface area contributed by atoms with Gasteiger partial charge in [-0.3, -0.25) is 14.6 Å². The number of piperidine rings is 1. The van der Waals surface area contributed by atoms with E-state index in [1.54, 1.807) is 0 Å². The predicted octanol–water partition coefficient (Wildman–Crippen LogP) is 3.34. The minimum atomic E-state index is -0.351. The molecule has 1 atom stereocenters. The number of likely N-dealkylation sites (tertiary alicyclic amines) is 1. The van der Waals surface area contributed by atoms with Crippen LogP contribution in [0.5, 0.6) is 0 Å². The van der Waals surface area contributed by atoms with Crippen molar-refractivity contribution in [3.8, 4) is 0 Å². The van der Waals surface area contributed by atoms with Crippen molar-refractivity contribution in [2.75, 3.05) is 49.9 Å². The van der Waals surface area contributed by atoms with E-state index in [0.717, 1.165) is 45.7 Å². The van der Waals surface area contributed by atoms with Crippen LogP contribution in [0.15, 0.2) is 24.3 Å². The molecule has 1 aromatic carbocycles. The number of hydrogen-bond acceptors (Lipinski definition) is 7. The summed E-state index contributed by atoms with van der Waals surface area (Å²) in [7, 11) is 0. The van der Waals surface area contributed by atoms with Gasteiger partial charge in [-0.2, -0.15) is 0 Å². The van der Waals surface area contributed by atoms with Crippen molar-refractivity contribution >= 4 is 29.1 Å². The first-order chi connectivity index (χ1) is 16.9. The van der Waals surface area contributed by atoms with Crippen molar-refractivity contribution in [3.63, 3.8) is 0 Å². The summed E-state index contributed by atoms with van der Waals surface area (Å²) in [6.45, 7) is 12.6. The largest absolute Gasteiger partial charge is 0.382 e. The number of aromatic nitrogens is 2. The third-order valence-corrected chi connectivity index (χ3v) is 7.52. The second-order valence-corrected chi connectivity index (χ2v) is 10.0. The van der Waals surface area contributed by atoms with Crippen LogP contribution < -0.4 is 16.0 Å². The van der Waals surface area contributed by atoms with Gasteiger partial charge < -0.3 is 16.0 Å². The minimum Gasteiger partial charge on any atom is -0.382 e. The van der Waals surface area contributed by atoms with Gasteiger partial charge in [-0.25, -0.2) is 9.97 Å². The van der Waals surface area contributed by atoms with Crippen LogP contribution in [0, 0.1) is 6.92 Å². The molecule has 0 saturated carbocycles. The number of piperazine rings is 1. The van der Waals surface area contributed by atoms with E-state index in [9.17, 15) is 4.79 Å². The Labute approximate surface area is 213 Å². The zero-order valence-corrected chi connectivity index (χ0v) is 21.9. The number of nitrogens with zero attached hydrogens (tertiary/aromatic N) is 5. The zero-order valence-electron chi connectivity index (χ0n) is 21.1. The number of carbonyl (C=O) groups excluding carboxylic acids is 1. The summed E-state index contributed by atoms with van der Waals surface area (Å²) in [5.41, 5.74) is 8.87. The fourth-order valence-corrected chi connectivity index (χ4v) is 5.54. The van der Waals surface area contributed by atoms with Crippen LogP contribution in [0.1, 0.15) is 54.7 Å². The first kappa shape index (κ1) is 25.7. The molecule has 8 nitrogen and oxygen atoms in total. The molecule has 3 N–H and O–H groups in total. The Morgan fingerprint density at radius 2 is 1.83 bits per heavy atom. The maximum Gasteiger partial charge on any atom is 0.273 e. The number of nitrogens with one attached hydrogen (secondary N) is 1. The number of aryl methyl sites for hydroxylation is 1. The number of benzene rings is 1. The average Bonchev–Trinajstić information content (AvgIpc) is 2.87. The molecule has 3 heterocycles. The summed E-state index contributed by atoms with van der Waals surface area (Å²) >= 11 is 6.48. The van der Waals surface area contributed by atoms with Gasteiger partial charge in [-0.05, 0) is 51.8 Å². The molecule has 2 aromatic rings. The lowest BCUT2D eigenvalue weighted by Crippen LogP contribution is -2.58. The summed E-state index contributed by atoms with van der Waals surface area (Å²) in [5, 5.41) is 2.93. The molecule has 9 heteroatoms. The van der Waals surface area contributed by atoms with E-state index in [2.05, 4.69) is 68.1 Å². The lowest BCUT2D eigenvalue weighted by molar-refractivity contribution is 0.0610. The molecule has 2 aliphatic heterocycles. The number of halogens is 1. The third-order valence-electron chi connectivity index (χ3n) is 7.27. The van der Waals surface area contributed by atoms with E-state index in [4.69, 9.17) is 17.3 Å². The van der Waals surface area contributed by atoms with Gasteiger partial charge in [-0.15, -0.1) is 0 Å². The van der Waals surface area contributed by atoms with Crippen LogP contribution in [0.3, 0.4) is 0 Å². The number of rotatable bonds is 7. The Bertz CT molecular complexity index is 1010. The molecule has 2 fully saturated rings. The third kappa shape index (κ3) is 6.05. The Hall–Kier alpha value is -2.42. The fraction of sp³-hybridized carbons (Fsp3) is 0.577. The summed E-state index contributed by atoms with van der Waals surface area (Å²) < 4.78 is 0. The van der Waals surface area contributed by atoms with E-state index in [0.29, 0.717) is 24.4 Å². The first-order valence-corrected chi connectivity index (χ1v) is 13.2. The Morgan fingerprint density at radius 3 is 2.49 bits per heavy atom. The van der Waals surface area contributed by atoms with Gasteiger partial charge in [0, 0.05) is 44.8 Å². The number of hydrogen-bond donors (Lipinski definition) is 2. The quantitative estimate of drug-likeness (QED) is 0.603. The molecule has 0 unspecified atom stereocenters. The fourth-order valence-electron chi connectivity index (χ4n) is 5.30. The highest BCUT2D eigenvalue weighted by atomic mass is 35.5. The maximum absolute atomic E-state index is 12.2. The molecular weight excluding hydrogens is 462 g/mol. The van der Waals surface area contributed by atoms with Crippen LogP contribution >= 0.6 is 11.6 Å². The van der Waals surface area contributed by atoms with E-state index in [-0.39, 0.29) is 22.6 Å². The van der Waals surface area contributed by atoms with Gasteiger partial charge in [0.05, 0.1) is 0 Å². The normalized spacial score (nSPS) is 20.2. The topological polar surface area (TPSA) is 90.6 Å². The summed E-state index contributed by atoms with van der Waals surface area (Å²) in [6.07, 6.45) is 3.44. The molecule has 0 radical (unpaired) electrons. The van der Waals surface area contributed by atoms with Crippen molar-refractivity contribution < 1.29 is 4.79 Å². The maximum atomic E-state index is 12.2. The van der Waals surface area contributed by atoms with Crippen molar-refractivity contribution in [1.82, 2.24) is 25.1 Å². The molecule has 2 saturated heterocycles. The summed E-state index contributed by atoms with van der Waals surface area (Å²) in [6, 6.07) is 9.91. The van der Waals surface area contributed by atoms with Gasteiger partial charge in [0.2, 0.25) is 0 Å². The number of carbonyl (C=O) groups is 1. The molecular formula is C26H38ClN7O. The van der Waals surface area contributed by atoms with E-state index >= 15 is 0 Å². The van der Waals surface area contributed by atoms with Crippen molar-refractivity contribution in [3.05, 3.63) is 46.2 Å². The van der Waals surface area contributed by atoms with Crippen LogP contribution in [0.4, 0.5) is 11.6 Å². The second kappa shape index (κ2) is 11.5. The van der Waals surface area contributed by atoms with Gasteiger partial charge in [-0.1, -0.05) is 48.4 Å². The summed E-state index contributed by atoms with van der Waals surface area (Å²) in [5.74, 6) is 0.339. The summed E-state index contributed by atoms with van der Waals surface area (Å²) in [4.78, 5) is 28.4. The van der Waals surface area contributed by atoms with Gasteiger partial charge in [0.1, 0.15) is 0 Å². The molecule has 35 heavy (non-hydrogen) atoms. The number of anilines is 2. The van der Waals surface area contributed by atoms with Gasteiger partial charge in [0.25, 0.3) is 5.91 Å². The van der Waals surface area contributed by atoms with E-state index < -0.39 is 0 Å². The Balaban J connectivity index is 1.36. The Kier molecular flexibility index (Phi) is 8.46. The monoisotopic (exact) mass is 499 g/mol. The average molecular weight is 500 g/mol. The van der Waals surface area contributed by atoms with Crippen molar-refractivity contribution in [2.24, 2.45) is 0 Å². The van der Waals surface area contributed by atoms with Gasteiger partial charge >= 0.3 is 0 Å². The van der Waals surface area contributed by atoms with Crippen LogP contribution in [-0.4, -0.2) is 77.0 Å². The highest BCUT2D eigenvalue weighted by molar-refractivity contribution is 6.32. The van der Waals surface area contributed by atoms with Crippen LogP contribution in [-0.2, 0) is 6.54 Å². The number of nitrogen functional groups attached to an aromatic ring is 1. The second-order valence-electron chi connectivity index (χ2n) is 9.67. The standard InChI is InChI=1S/C26H38ClN7O/c1-4-20-17-33(25-23(27)30-22(24(28)31-25)26(35)29-5-2)14-15-34(20)21-10-12-32(13-11-21)16-19-8-6-18(3)7-9-19/h6-9,20-21H,4-5,10-17H2,1-3H3,(H2,28,31)(H,29,35)/t20-/m0/s1. The lowest BCUT2D eigenvalue weighted by Gasteiger charge is -2.47. The number of nitrogens with two attached hydrogens (primary N) is 1. The lowest BCUT2D eigenvalue weighted by atomic mass is 9.98. The van der Waals surface area contributed by atoms with E-state index in [1.165, 1.54) is 24.0 Å². The van der Waals surface area contributed by atoms with Crippen LogP contribution in [0.25, 0.3) is 0 Å². The number of amides is 1. The zero-order chi connectivity index (χ0) is 24.9.